The average molecular weight is 411 g/mol. The topological polar surface area (TPSA) is 75.4 Å². The summed E-state index contributed by atoms with van der Waals surface area (Å²) in [7, 11) is 0. The van der Waals surface area contributed by atoms with E-state index in [1.807, 2.05) is 78.9 Å². The molecule has 31 heavy (non-hydrogen) atoms. The number of carbonyl (C=O) groups excluding carboxylic acids is 2. The molecular weight excluding hydrogens is 390 g/mol. The van der Waals surface area contributed by atoms with E-state index in [4.69, 9.17) is 4.42 Å². The molecular formula is C25H21N3O3. The van der Waals surface area contributed by atoms with Gasteiger partial charge in [-0.05, 0) is 42.0 Å². The molecule has 154 valence electrons. The first-order chi connectivity index (χ1) is 15.2. The predicted octanol–water partition coefficient (Wildman–Crippen LogP) is 4.48. The Morgan fingerprint density at radius 3 is 2.52 bits per heavy atom. The molecule has 2 heterocycles. The van der Waals surface area contributed by atoms with Crippen LogP contribution in [0.3, 0.4) is 0 Å². The van der Waals surface area contributed by atoms with E-state index in [2.05, 4.69) is 10.3 Å². The lowest BCUT2D eigenvalue weighted by Gasteiger charge is -2.16. The zero-order valence-electron chi connectivity index (χ0n) is 16.8. The van der Waals surface area contributed by atoms with E-state index in [9.17, 15) is 9.59 Å². The van der Waals surface area contributed by atoms with Crippen molar-refractivity contribution in [3.63, 3.8) is 0 Å². The molecule has 6 heteroatoms. The van der Waals surface area contributed by atoms with Crippen molar-refractivity contribution < 1.29 is 14.0 Å². The third kappa shape index (κ3) is 4.05. The molecule has 0 bridgehead atoms. The maximum atomic E-state index is 12.7. The lowest BCUT2D eigenvalue weighted by molar-refractivity contribution is -0.128. The normalized spacial score (nSPS) is 16.1. The first-order valence-corrected chi connectivity index (χ1v) is 10.2. The molecule has 4 aromatic rings. The van der Waals surface area contributed by atoms with Gasteiger partial charge in [0.1, 0.15) is 5.52 Å². The molecule has 2 amide bonds. The highest BCUT2D eigenvalue weighted by Gasteiger charge is 2.34. The molecule has 0 spiro atoms. The van der Waals surface area contributed by atoms with Crippen LogP contribution in [0, 0.1) is 5.92 Å². The van der Waals surface area contributed by atoms with Crippen LogP contribution in [-0.2, 0) is 16.1 Å². The van der Waals surface area contributed by atoms with Gasteiger partial charge in [-0.2, -0.15) is 0 Å². The van der Waals surface area contributed by atoms with Gasteiger partial charge in [-0.3, -0.25) is 9.59 Å². The first kappa shape index (κ1) is 19.1. The molecule has 1 aliphatic heterocycles. The van der Waals surface area contributed by atoms with Crippen molar-refractivity contribution in [3.05, 3.63) is 84.4 Å². The van der Waals surface area contributed by atoms with Gasteiger partial charge in [0.25, 0.3) is 0 Å². The highest BCUT2D eigenvalue weighted by molar-refractivity contribution is 5.97. The Balaban J connectivity index is 1.23. The zero-order chi connectivity index (χ0) is 21.2. The monoisotopic (exact) mass is 411 g/mol. The second kappa shape index (κ2) is 8.07. The molecule has 1 fully saturated rings. The summed E-state index contributed by atoms with van der Waals surface area (Å²) in [5.74, 6) is 0.0544. The van der Waals surface area contributed by atoms with E-state index in [0.717, 1.165) is 22.2 Å². The molecule has 0 aliphatic carbocycles. The van der Waals surface area contributed by atoms with E-state index < -0.39 is 0 Å². The SMILES string of the molecule is O=C(Nc1ccc(-c2nc3ccccc3o2)cc1)C1CC(=O)N(Cc2ccccc2)C1. The summed E-state index contributed by atoms with van der Waals surface area (Å²) in [5.41, 5.74) is 4.12. The number of carbonyl (C=O) groups is 2. The molecule has 1 aliphatic rings. The van der Waals surface area contributed by atoms with Crippen molar-refractivity contribution in [2.45, 2.75) is 13.0 Å². The molecule has 1 N–H and O–H groups in total. The molecule has 1 saturated heterocycles. The zero-order valence-corrected chi connectivity index (χ0v) is 16.8. The van der Waals surface area contributed by atoms with Crippen LogP contribution in [-0.4, -0.2) is 28.2 Å². The van der Waals surface area contributed by atoms with Crippen LogP contribution >= 0.6 is 0 Å². The van der Waals surface area contributed by atoms with Crippen molar-refractivity contribution in [2.75, 3.05) is 11.9 Å². The molecule has 0 radical (unpaired) electrons. The summed E-state index contributed by atoms with van der Waals surface area (Å²) < 4.78 is 5.79. The molecule has 5 rings (SSSR count). The Bertz CT molecular complexity index is 1200. The van der Waals surface area contributed by atoms with E-state index in [-0.39, 0.29) is 24.2 Å². The molecule has 3 aromatic carbocycles. The molecule has 6 nitrogen and oxygen atoms in total. The van der Waals surface area contributed by atoms with Crippen LogP contribution in [0.5, 0.6) is 0 Å². The minimum Gasteiger partial charge on any atom is -0.436 e. The number of likely N-dealkylation sites (tertiary alicyclic amines) is 1. The van der Waals surface area contributed by atoms with Gasteiger partial charge in [0, 0.05) is 30.8 Å². The molecule has 1 atom stereocenters. The van der Waals surface area contributed by atoms with Crippen LogP contribution in [0.2, 0.25) is 0 Å². The second-order valence-electron chi connectivity index (χ2n) is 7.71. The summed E-state index contributed by atoms with van der Waals surface area (Å²) >= 11 is 0. The van der Waals surface area contributed by atoms with E-state index >= 15 is 0 Å². The van der Waals surface area contributed by atoms with Gasteiger partial charge in [-0.25, -0.2) is 4.98 Å². The number of para-hydroxylation sites is 2. The summed E-state index contributed by atoms with van der Waals surface area (Å²) in [6, 6.07) is 24.8. The Morgan fingerprint density at radius 1 is 1.00 bits per heavy atom. The first-order valence-electron chi connectivity index (χ1n) is 10.2. The Labute approximate surface area is 179 Å². The summed E-state index contributed by atoms with van der Waals surface area (Å²) in [6.45, 7) is 0.962. The van der Waals surface area contributed by atoms with Crippen molar-refractivity contribution in [3.8, 4) is 11.5 Å². The number of anilines is 1. The van der Waals surface area contributed by atoms with Crippen molar-refractivity contribution in [2.24, 2.45) is 5.92 Å². The van der Waals surface area contributed by atoms with Gasteiger partial charge >= 0.3 is 0 Å². The van der Waals surface area contributed by atoms with E-state index in [1.165, 1.54) is 0 Å². The fourth-order valence-corrected chi connectivity index (χ4v) is 3.84. The smallest absolute Gasteiger partial charge is 0.229 e. The number of nitrogens with one attached hydrogen (secondary N) is 1. The minimum absolute atomic E-state index is 0.00955. The van der Waals surface area contributed by atoms with Crippen LogP contribution in [0.4, 0.5) is 5.69 Å². The largest absolute Gasteiger partial charge is 0.436 e. The highest BCUT2D eigenvalue weighted by atomic mass is 16.3. The van der Waals surface area contributed by atoms with Crippen LogP contribution in [0.25, 0.3) is 22.6 Å². The van der Waals surface area contributed by atoms with Crippen LogP contribution in [0.1, 0.15) is 12.0 Å². The summed E-state index contributed by atoms with van der Waals surface area (Å²) in [5, 5.41) is 2.93. The summed E-state index contributed by atoms with van der Waals surface area (Å²) in [6.07, 6.45) is 0.236. The van der Waals surface area contributed by atoms with Gasteiger partial charge in [0.2, 0.25) is 17.7 Å². The van der Waals surface area contributed by atoms with Crippen molar-refractivity contribution in [1.29, 1.82) is 0 Å². The van der Waals surface area contributed by atoms with E-state index in [1.54, 1.807) is 4.90 Å². The maximum Gasteiger partial charge on any atom is 0.229 e. The van der Waals surface area contributed by atoms with Gasteiger partial charge in [-0.15, -0.1) is 0 Å². The Hall–Kier alpha value is -3.93. The van der Waals surface area contributed by atoms with Crippen molar-refractivity contribution >= 4 is 28.6 Å². The fraction of sp³-hybridized carbons (Fsp3) is 0.160. The number of fused-ring (bicyclic) bond motifs is 1. The third-order valence-corrected chi connectivity index (χ3v) is 5.49. The highest BCUT2D eigenvalue weighted by Crippen LogP contribution is 2.26. The number of nitrogens with zero attached hydrogens (tertiary/aromatic N) is 2. The fourth-order valence-electron chi connectivity index (χ4n) is 3.84. The molecule has 0 saturated carbocycles. The average Bonchev–Trinajstić information content (AvgIpc) is 3.39. The molecule has 1 unspecified atom stereocenters. The van der Waals surface area contributed by atoms with Crippen LogP contribution < -0.4 is 5.32 Å². The lowest BCUT2D eigenvalue weighted by Crippen LogP contribution is -2.28. The standard InChI is InChI=1S/C25H21N3O3/c29-23-14-19(16-28(23)15-17-6-2-1-3-7-17)24(30)26-20-12-10-18(11-13-20)25-27-21-8-4-5-9-22(21)31-25/h1-13,19H,14-16H2,(H,26,30). The Kier molecular flexibility index (Phi) is 4.96. The number of oxazole rings is 1. The molecule has 1 aromatic heterocycles. The van der Waals surface area contributed by atoms with Gasteiger partial charge in [0.15, 0.2) is 5.58 Å². The number of hydrogen-bond acceptors (Lipinski definition) is 4. The van der Waals surface area contributed by atoms with Gasteiger partial charge < -0.3 is 14.6 Å². The van der Waals surface area contributed by atoms with Gasteiger partial charge in [-0.1, -0.05) is 42.5 Å². The number of rotatable bonds is 5. The minimum atomic E-state index is -0.354. The number of hydrogen-bond donors (Lipinski definition) is 1. The number of aromatic nitrogens is 1. The van der Waals surface area contributed by atoms with E-state index in [0.29, 0.717) is 24.7 Å². The van der Waals surface area contributed by atoms with Crippen molar-refractivity contribution in [1.82, 2.24) is 9.88 Å². The maximum absolute atomic E-state index is 12.7. The summed E-state index contributed by atoms with van der Waals surface area (Å²) in [4.78, 5) is 31.3. The number of benzene rings is 3. The third-order valence-electron chi connectivity index (χ3n) is 5.49. The van der Waals surface area contributed by atoms with Gasteiger partial charge in [0.05, 0.1) is 5.92 Å². The Morgan fingerprint density at radius 2 is 1.74 bits per heavy atom. The number of amides is 2. The second-order valence-corrected chi connectivity index (χ2v) is 7.71. The predicted molar refractivity (Wildman–Crippen MR) is 118 cm³/mol. The lowest BCUT2D eigenvalue weighted by atomic mass is 10.1. The van der Waals surface area contributed by atoms with Crippen LogP contribution in [0.15, 0.2) is 83.3 Å². The quantitative estimate of drug-likeness (QED) is 0.525.